The molecule has 0 bridgehead atoms. The van der Waals surface area contributed by atoms with Crippen molar-refractivity contribution in [3.05, 3.63) is 107 Å². The van der Waals surface area contributed by atoms with E-state index < -0.39 is 6.10 Å². The van der Waals surface area contributed by atoms with Crippen molar-refractivity contribution in [3.8, 4) is 0 Å². The molecule has 0 aliphatic carbocycles. The fourth-order valence-corrected chi connectivity index (χ4v) is 3.90. The van der Waals surface area contributed by atoms with Gasteiger partial charge >= 0.3 is 0 Å². The van der Waals surface area contributed by atoms with Crippen LogP contribution in [0.25, 0.3) is 0 Å². The van der Waals surface area contributed by atoms with Gasteiger partial charge in [-0.15, -0.1) is 0 Å². The summed E-state index contributed by atoms with van der Waals surface area (Å²) in [7, 11) is 0. The number of nitrogens with zero attached hydrogens (tertiary/aromatic N) is 2. The normalized spacial score (nSPS) is 16.5. The van der Waals surface area contributed by atoms with E-state index in [1.165, 1.54) is 12.1 Å². The third-order valence-electron chi connectivity index (χ3n) is 5.51. The molecule has 0 fully saturated rings. The highest BCUT2D eigenvalue weighted by Crippen LogP contribution is 2.19. The van der Waals surface area contributed by atoms with Gasteiger partial charge in [-0.2, -0.15) is 0 Å². The molecule has 0 saturated heterocycles. The highest BCUT2D eigenvalue weighted by atomic mass is 19.1. The minimum atomic E-state index is -0.662. The van der Waals surface area contributed by atoms with Crippen LogP contribution in [-0.2, 0) is 22.7 Å². The summed E-state index contributed by atoms with van der Waals surface area (Å²) in [5.74, 6) is -0.264. The minimum absolute atomic E-state index is 0.113. The molecule has 1 aliphatic heterocycles. The van der Waals surface area contributed by atoms with Gasteiger partial charge in [0.1, 0.15) is 11.9 Å². The molecule has 1 N–H and O–H groups in total. The molecule has 3 aromatic rings. The molecule has 2 atom stereocenters. The van der Waals surface area contributed by atoms with Gasteiger partial charge in [-0.3, -0.25) is 4.90 Å². The maximum absolute atomic E-state index is 13.3. The van der Waals surface area contributed by atoms with E-state index in [1.54, 1.807) is 12.1 Å². The molecule has 172 valence electrons. The van der Waals surface area contributed by atoms with E-state index in [0.717, 1.165) is 22.4 Å². The van der Waals surface area contributed by atoms with Gasteiger partial charge in [0.2, 0.25) is 0 Å². The Morgan fingerprint density at radius 1 is 0.970 bits per heavy atom. The van der Waals surface area contributed by atoms with Crippen LogP contribution in [0.1, 0.15) is 23.1 Å². The van der Waals surface area contributed by atoms with Gasteiger partial charge in [0, 0.05) is 26.1 Å². The van der Waals surface area contributed by atoms with Crippen molar-refractivity contribution in [3.63, 3.8) is 0 Å². The molecule has 0 spiro atoms. The van der Waals surface area contributed by atoms with Gasteiger partial charge in [-0.05, 0) is 28.8 Å². The summed E-state index contributed by atoms with van der Waals surface area (Å²) in [6.45, 7) is 2.25. The molecule has 0 radical (unpaired) electrons. The van der Waals surface area contributed by atoms with Crippen LogP contribution in [0.4, 0.5) is 4.39 Å². The van der Waals surface area contributed by atoms with Crippen LogP contribution in [0.5, 0.6) is 0 Å². The molecule has 0 unspecified atom stereocenters. The maximum atomic E-state index is 13.3. The Morgan fingerprint density at radius 3 is 2.39 bits per heavy atom. The summed E-state index contributed by atoms with van der Waals surface area (Å²) < 4.78 is 19.1. The van der Waals surface area contributed by atoms with Crippen LogP contribution >= 0.6 is 0 Å². The van der Waals surface area contributed by atoms with Crippen molar-refractivity contribution in [1.29, 1.82) is 0 Å². The quantitative estimate of drug-likeness (QED) is 0.473. The van der Waals surface area contributed by atoms with E-state index in [4.69, 9.17) is 9.57 Å². The molecule has 1 heterocycles. The predicted octanol–water partition coefficient (Wildman–Crippen LogP) is 4.40. The Morgan fingerprint density at radius 2 is 1.67 bits per heavy atom. The van der Waals surface area contributed by atoms with E-state index in [0.29, 0.717) is 32.7 Å². The maximum Gasteiger partial charge on any atom is 0.145 e. The Balaban J connectivity index is 1.33. The summed E-state index contributed by atoms with van der Waals surface area (Å²) in [5.41, 5.74) is 4.02. The Hall–Kier alpha value is -3.06. The SMILES string of the molecule is O[C@@H](COCc1ccccc1)CN(Cc1ccc(F)cc1)C[C@H]1CC(c2ccccc2)=NO1. The van der Waals surface area contributed by atoms with Gasteiger partial charge < -0.3 is 14.7 Å². The molecule has 0 aromatic heterocycles. The van der Waals surface area contributed by atoms with Crippen molar-refractivity contribution in [1.82, 2.24) is 4.90 Å². The fraction of sp³-hybridized carbons (Fsp3) is 0.296. The molecule has 6 heteroatoms. The Kier molecular flexibility index (Phi) is 8.19. The van der Waals surface area contributed by atoms with Crippen LogP contribution in [-0.4, -0.2) is 47.6 Å². The summed E-state index contributed by atoms with van der Waals surface area (Å²) in [4.78, 5) is 7.81. The molecule has 0 saturated carbocycles. The van der Waals surface area contributed by atoms with E-state index in [2.05, 4.69) is 10.1 Å². The number of hydrogen-bond acceptors (Lipinski definition) is 5. The van der Waals surface area contributed by atoms with Crippen molar-refractivity contribution >= 4 is 5.71 Å². The largest absolute Gasteiger partial charge is 0.390 e. The first-order chi connectivity index (χ1) is 16.2. The average Bonchev–Trinajstić information content (AvgIpc) is 3.30. The lowest BCUT2D eigenvalue weighted by atomic mass is 10.0. The summed E-state index contributed by atoms with van der Waals surface area (Å²) >= 11 is 0. The first-order valence-electron chi connectivity index (χ1n) is 11.2. The predicted molar refractivity (Wildman–Crippen MR) is 126 cm³/mol. The molecule has 3 aromatic carbocycles. The zero-order valence-corrected chi connectivity index (χ0v) is 18.5. The number of aliphatic hydroxyl groups excluding tert-OH is 1. The number of ether oxygens (including phenoxy) is 1. The Labute approximate surface area is 194 Å². The number of aliphatic hydroxyl groups is 1. The second kappa shape index (κ2) is 11.7. The third-order valence-corrected chi connectivity index (χ3v) is 5.51. The van der Waals surface area contributed by atoms with Gasteiger partial charge in [0.05, 0.1) is 25.0 Å². The molecule has 33 heavy (non-hydrogen) atoms. The molecule has 5 nitrogen and oxygen atoms in total. The molecule has 4 rings (SSSR count). The lowest BCUT2D eigenvalue weighted by Gasteiger charge is -2.27. The van der Waals surface area contributed by atoms with E-state index in [-0.39, 0.29) is 18.5 Å². The minimum Gasteiger partial charge on any atom is -0.390 e. The third kappa shape index (κ3) is 7.22. The number of hydrogen-bond donors (Lipinski definition) is 1. The van der Waals surface area contributed by atoms with Crippen LogP contribution in [0.2, 0.25) is 0 Å². The summed E-state index contributed by atoms with van der Waals surface area (Å²) in [6, 6.07) is 26.3. The highest BCUT2D eigenvalue weighted by Gasteiger charge is 2.25. The number of benzene rings is 3. The van der Waals surface area contributed by atoms with Crippen LogP contribution < -0.4 is 0 Å². The lowest BCUT2D eigenvalue weighted by Crippen LogP contribution is -2.39. The number of halogens is 1. The second-order valence-corrected chi connectivity index (χ2v) is 8.31. The monoisotopic (exact) mass is 448 g/mol. The van der Waals surface area contributed by atoms with Crippen molar-refractivity contribution in [2.45, 2.75) is 31.8 Å². The molecular weight excluding hydrogens is 419 g/mol. The van der Waals surface area contributed by atoms with E-state index in [1.807, 2.05) is 60.7 Å². The van der Waals surface area contributed by atoms with Crippen molar-refractivity contribution in [2.24, 2.45) is 5.16 Å². The standard InChI is InChI=1S/C27H29FN2O3/c28-24-13-11-21(12-14-24)16-30(17-25(31)20-32-19-22-7-3-1-4-8-22)18-26-15-27(29-33-26)23-9-5-2-6-10-23/h1-14,25-26,31H,15-20H2/t25-,26-/m1/s1. The molecule has 1 aliphatic rings. The number of oxime groups is 1. The van der Waals surface area contributed by atoms with Gasteiger partial charge in [-0.25, -0.2) is 4.39 Å². The van der Waals surface area contributed by atoms with E-state index in [9.17, 15) is 9.50 Å². The van der Waals surface area contributed by atoms with Gasteiger partial charge in [0.15, 0.2) is 0 Å². The van der Waals surface area contributed by atoms with Gasteiger partial charge in [-0.1, -0.05) is 78.0 Å². The van der Waals surface area contributed by atoms with Crippen molar-refractivity contribution < 1.29 is 19.1 Å². The summed E-state index contributed by atoms with van der Waals surface area (Å²) in [6.07, 6.45) is -0.0759. The first kappa shape index (κ1) is 23.1. The van der Waals surface area contributed by atoms with Gasteiger partial charge in [0.25, 0.3) is 0 Å². The van der Waals surface area contributed by atoms with E-state index >= 15 is 0 Å². The molecule has 0 amide bonds. The van der Waals surface area contributed by atoms with Crippen LogP contribution in [0, 0.1) is 5.82 Å². The zero-order valence-electron chi connectivity index (χ0n) is 18.5. The summed E-state index contributed by atoms with van der Waals surface area (Å²) in [5, 5.41) is 14.9. The fourth-order valence-electron chi connectivity index (χ4n) is 3.90. The molecular formula is C27H29FN2O3. The smallest absolute Gasteiger partial charge is 0.145 e. The lowest BCUT2D eigenvalue weighted by molar-refractivity contribution is -0.00649. The Bertz CT molecular complexity index is 1010. The van der Waals surface area contributed by atoms with Crippen LogP contribution in [0.15, 0.2) is 90.1 Å². The number of rotatable bonds is 11. The van der Waals surface area contributed by atoms with Crippen LogP contribution in [0.3, 0.4) is 0 Å². The second-order valence-electron chi connectivity index (χ2n) is 8.31. The first-order valence-corrected chi connectivity index (χ1v) is 11.2. The highest BCUT2D eigenvalue weighted by molar-refractivity contribution is 6.01. The van der Waals surface area contributed by atoms with Crippen molar-refractivity contribution in [2.75, 3.05) is 19.7 Å². The average molecular weight is 449 g/mol. The topological polar surface area (TPSA) is 54.3 Å². The zero-order chi connectivity index (χ0) is 22.9.